The van der Waals surface area contributed by atoms with Crippen LogP contribution in [-0.4, -0.2) is 45.9 Å². The quantitative estimate of drug-likeness (QED) is 0.633. The Morgan fingerprint density at radius 3 is 2.74 bits per heavy atom. The van der Waals surface area contributed by atoms with E-state index in [1.807, 2.05) is 43.9 Å². The molecule has 1 aliphatic rings. The summed E-state index contributed by atoms with van der Waals surface area (Å²) in [5.41, 5.74) is 5.95. The molecule has 1 amide bonds. The van der Waals surface area contributed by atoms with E-state index >= 15 is 0 Å². The third-order valence-corrected chi connectivity index (χ3v) is 5.73. The predicted molar refractivity (Wildman–Crippen MR) is 120 cm³/mol. The molecule has 4 rings (SSSR count). The normalized spacial score (nSPS) is 15.5. The summed E-state index contributed by atoms with van der Waals surface area (Å²) >= 11 is 0. The molecule has 31 heavy (non-hydrogen) atoms. The van der Waals surface area contributed by atoms with Crippen molar-refractivity contribution in [1.82, 2.24) is 19.7 Å². The number of ether oxygens (including phenoxy) is 1. The van der Waals surface area contributed by atoms with Crippen molar-refractivity contribution in [2.75, 3.05) is 24.4 Å². The third kappa shape index (κ3) is 4.38. The average Bonchev–Trinajstić information content (AvgIpc) is 3.21. The maximum Gasteiger partial charge on any atom is 0.247 e. The van der Waals surface area contributed by atoms with Crippen molar-refractivity contribution in [1.29, 1.82) is 0 Å². The Hall–Kier alpha value is -3.42. The first kappa shape index (κ1) is 20.8. The van der Waals surface area contributed by atoms with Crippen LogP contribution in [0.3, 0.4) is 0 Å². The van der Waals surface area contributed by atoms with E-state index in [2.05, 4.69) is 32.6 Å². The van der Waals surface area contributed by atoms with Gasteiger partial charge in [-0.3, -0.25) is 14.5 Å². The van der Waals surface area contributed by atoms with Crippen LogP contribution in [0.5, 0.6) is 5.88 Å². The number of aromatic nitrogens is 4. The summed E-state index contributed by atoms with van der Waals surface area (Å²) in [7, 11) is 3.59. The maximum absolute atomic E-state index is 12.3. The Kier molecular flexibility index (Phi) is 5.88. The van der Waals surface area contributed by atoms with Gasteiger partial charge in [0.1, 0.15) is 6.04 Å². The number of carbonyl (C=O) groups is 1. The summed E-state index contributed by atoms with van der Waals surface area (Å²) in [6.45, 7) is 4.64. The van der Waals surface area contributed by atoms with Gasteiger partial charge >= 0.3 is 0 Å². The van der Waals surface area contributed by atoms with Crippen molar-refractivity contribution in [3.63, 3.8) is 0 Å². The Balaban J connectivity index is 1.43. The van der Waals surface area contributed by atoms with Crippen molar-refractivity contribution in [2.45, 2.75) is 45.7 Å². The zero-order valence-corrected chi connectivity index (χ0v) is 18.4. The van der Waals surface area contributed by atoms with E-state index in [-0.39, 0.29) is 11.9 Å². The minimum absolute atomic E-state index is 0.0367. The molecule has 1 atom stereocenters. The number of likely N-dealkylation sites (N-methyl/N-ethyl adjacent to an activating group) is 1. The molecule has 0 fully saturated rings. The second-order valence-electron chi connectivity index (χ2n) is 7.87. The lowest BCUT2D eigenvalue weighted by Gasteiger charge is -2.35. The predicted octanol–water partition coefficient (Wildman–Crippen LogP) is 2.99. The molecule has 0 aliphatic carbocycles. The molecule has 3 aromatic heterocycles. The fourth-order valence-electron chi connectivity index (χ4n) is 4.00. The zero-order chi connectivity index (χ0) is 22.0. The summed E-state index contributed by atoms with van der Waals surface area (Å²) in [5.74, 6) is 0.642. The lowest BCUT2D eigenvalue weighted by Crippen LogP contribution is -2.46. The van der Waals surface area contributed by atoms with E-state index in [4.69, 9.17) is 9.72 Å². The molecule has 0 radical (unpaired) electrons. The fraction of sp³-hybridized carbons (Fsp3) is 0.391. The summed E-state index contributed by atoms with van der Waals surface area (Å²) in [4.78, 5) is 23.3. The number of aryl methyl sites for hydroxylation is 3. The summed E-state index contributed by atoms with van der Waals surface area (Å²) < 4.78 is 7.02. The summed E-state index contributed by atoms with van der Waals surface area (Å²) in [5, 5.41) is 7.50. The van der Waals surface area contributed by atoms with E-state index in [9.17, 15) is 4.79 Å². The van der Waals surface area contributed by atoms with Crippen LogP contribution in [0.15, 0.2) is 36.8 Å². The summed E-state index contributed by atoms with van der Waals surface area (Å²) in [6, 6.07) is 5.80. The first-order valence-corrected chi connectivity index (χ1v) is 10.5. The van der Waals surface area contributed by atoms with E-state index in [0.29, 0.717) is 12.4 Å². The second kappa shape index (κ2) is 8.75. The molecule has 0 unspecified atom stereocenters. The number of nitrogens with one attached hydrogen (secondary N) is 1. The number of carbonyl (C=O) groups excluding carboxylic acids is 1. The van der Waals surface area contributed by atoms with Crippen LogP contribution in [0.25, 0.3) is 0 Å². The zero-order valence-electron chi connectivity index (χ0n) is 18.4. The van der Waals surface area contributed by atoms with Gasteiger partial charge in [0.05, 0.1) is 36.9 Å². The van der Waals surface area contributed by atoms with Crippen LogP contribution >= 0.6 is 0 Å². The molecule has 0 bridgehead atoms. The molecule has 8 heteroatoms. The number of anilines is 2. The van der Waals surface area contributed by atoms with E-state index in [1.165, 1.54) is 0 Å². The van der Waals surface area contributed by atoms with E-state index in [1.54, 1.807) is 13.3 Å². The van der Waals surface area contributed by atoms with Crippen molar-refractivity contribution in [3.05, 3.63) is 59.3 Å². The molecule has 8 nitrogen and oxygen atoms in total. The van der Waals surface area contributed by atoms with Crippen molar-refractivity contribution >= 4 is 17.3 Å². The molecular formula is C23H28N6O2. The van der Waals surface area contributed by atoms with Gasteiger partial charge in [0.15, 0.2) is 0 Å². The van der Waals surface area contributed by atoms with Crippen LogP contribution in [-0.2, 0) is 24.2 Å². The standard InChI is InChI=1S/C23H28N6O2/c1-5-19-23(30)27-22-15(2)26-18(10-20(22)28(19)3)8-6-17-12-25-29(14-17)13-16-7-9-21(31-4)24-11-16/h7,9-12,14,19H,5-6,8,13H2,1-4H3,(H,27,30)/t19-/m0/s1. The molecule has 0 aromatic carbocycles. The Labute approximate surface area is 182 Å². The molecule has 4 heterocycles. The second-order valence-corrected chi connectivity index (χ2v) is 7.87. The van der Waals surface area contributed by atoms with Crippen LogP contribution in [0, 0.1) is 6.92 Å². The lowest BCUT2D eigenvalue weighted by molar-refractivity contribution is -0.117. The highest BCUT2D eigenvalue weighted by molar-refractivity contribution is 6.04. The van der Waals surface area contributed by atoms with Crippen molar-refractivity contribution in [3.8, 4) is 5.88 Å². The number of hydrogen-bond donors (Lipinski definition) is 1. The molecule has 0 saturated carbocycles. The van der Waals surface area contributed by atoms with Crippen LogP contribution in [0.2, 0.25) is 0 Å². The van der Waals surface area contributed by atoms with Crippen molar-refractivity contribution in [2.24, 2.45) is 0 Å². The van der Waals surface area contributed by atoms with E-state index < -0.39 is 0 Å². The number of amides is 1. The molecule has 162 valence electrons. The van der Waals surface area contributed by atoms with Gasteiger partial charge in [-0.1, -0.05) is 13.0 Å². The number of fused-ring (bicyclic) bond motifs is 1. The fourth-order valence-corrected chi connectivity index (χ4v) is 4.00. The molecular weight excluding hydrogens is 392 g/mol. The Morgan fingerprint density at radius 2 is 2.03 bits per heavy atom. The first-order valence-electron chi connectivity index (χ1n) is 10.5. The number of methoxy groups -OCH3 is 1. The number of rotatable bonds is 7. The van der Waals surface area contributed by atoms with Gasteiger partial charge in [-0.05, 0) is 43.4 Å². The lowest BCUT2D eigenvalue weighted by atomic mass is 10.0. The SMILES string of the molecule is CC[C@H]1C(=O)Nc2c(cc(CCc3cnn(Cc4ccc(OC)nc4)c3)nc2C)N1C. The third-order valence-electron chi connectivity index (χ3n) is 5.73. The van der Waals surface area contributed by atoms with Gasteiger partial charge in [0, 0.05) is 31.2 Å². The largest absolute Gasteiger partial charge is 0.481 e. The highest BCUT2D eigenvalue weighted by Gasteiger charge is 2.30. The maximum atomic E-state index is 12.3. The van der Waals surface area contributed by atoms with Gasteiger partial charge in [0.25, 0.3) is 0 Å². The monoisotopic (exact) mass is 420 g/mol. The van der Waals surface area contributed by atoms with Crippen LogP contribution < -0.4 is 15.0 Å². The highest BCUT2D eigenvalue weighted by atomic mass is 16.5. The molecule has 0 spiro atoms. The molecule has 0 saturated heterocycles. The van der Waals surface area contributed by atoms with Crippen molar-refractivity contribution < 1.29 is 9.53 Å². The van der Waals surface area contributed by atoms with Crippen LogP contribution in [0.1, 0.15) is 35.9 Å². The smallest absolute Gasteiger partial charge is 0.247 e. The first-order chi connectivity index (χ1) is 15.0. The van der Waals surface area contributed by atoms with Gasteiger partial charge < -0.3 is 15.0 Å². The number of hydrogen-bond acceptors (Lipinski definition) is 6. The molecule has 1 N–H and O–H groups in total. The van der Waals surface area contributed by atoms with Gasteiger partial charge in [-0.15, -0.1) is 0 Å². The average molecular weight is 421 g/mol. The Morgan fingerprint density at radius 1 is 1.19 bits per heavy atom. The van der Waals surface area contributed by atoms with Gasteiger partial charge in [-0.2, -0.15) is 5.10 Å². The highest BCUT2D eigenvalue weighted by Crippen LogP contribution is 2.34. The molecule has 1 aliphatic heterocycles. The minimum atomic E-state index is -0.146. The number of nitrogens with zero attached hydrogens (tertiary/aromatic N) is 5. The van der Waals surface area contributed by atoms with E-state index in [0.717, 1.165) is 53.2 Å². The van der Waals surface area contributed by atoms with Gasteiger partial charge in [-0.25, -0.2) is 4.98 Å². The van der Waals surface area contributed by atoms with Gasteiger partial charge in [0.2, 0.25) is 11.8 Å². The van der Waals surface area contributed by atoms with Crippen LogP contribution in [0.4, 0.5) is 11.4 Å². The topological polar surface area (TPSA) is 85.2 Å². The Bertz CT molecular complexity index is 1080. The summed E-state index contributed by atoms with van der Waals surface area (Å²) in [6.07, 6.45) is 8.19. The minimum Gasteiger partial charge on any atom is -0.481 e. The number of pyridine rings is 2. The molecule has 3 aromatic rings.